The largest absolute Gasteiger partial charge is 0.382 e. The minimum Gasteiger partial charge on any atom is -0.382 e. The quantitative estimate of drug-likeness (QED) is 0.785. The van der Waals surface area contributed by atoms with Gasteiger partial charge in [-0.3, -0.25) is 4.79 Å². The Labute approximate surface area is 171 Å². The number of nitrogens with two attached hydrogens (primary N) is 1. The molecule has 6 heteroatoms. The first-order chi connectivity index (χ1) is 13.7. The standard InChI is InChI=1S/C23H31FN4O/c1-14-17-9-10-23(2,3)13-20(17)28(27-14)16-11-18(24)21(22(25)29)19(12-16)26-15-7-5-4-6-8-15/h11-12,15,26H,4-10,13H2,1-3H3,(H2,25,29). The molecule has 0 bridgehead atoms. The Kier molecular flexibility index (Phi) is 5.13. The summed E-state index contributed by atoms with van der Waals surface area (Å²) in [5, 5.41) is 8.14. The van der Waals surface area contributed by atoms with Crippen LogP contribution in [0.2, 0.25) is 0 Å². The summed E-state index contributed by atoms with van der Waals surface area (Å²) in [7, 11) is 0. The lowest BCUT2D eigenvalue weighted by Gasteiger charge is -2.30. The summed E-state index contributed by atoms with van der Waals surface area (Å²) in [5.41, 5.74) is 10.2. The molecular formula is C23H31FN4O. The van der Waals surface area contributed by atoms with Gasteiger partial charge < -0.3 is 11.1 Å². The lowest BCUT2D eigenvalue weighted by atomic mass is 9.76. The summed E-state index contributed by atoms with van der Waals surface area (Å²) in [4.78, 5) is 12.0. The van der Waals surface area contributed by atoms with Crippen LogP contribution in [0, 0.1) is 18.2 Å². The van der Waals surface area contributed by atoms with Gasteiger partial charge in [0.25, 0.3) is 5.91 Å². The number of aromatic nitrogens is 2. The molecule has 29 heavy (non-hydrogen) atoms. The third-order valence-corrected chi connectivity index (χ3v) is 6.52. The number of carbonyl (C=O) groups is 1. The Morgan fingerprint density at radius 1 is 1.28 bits per heavy atom. The molecule has 0 saturated heterocycles. The van der Waals surface area contributed by atoms with Crippen molar-refractivity contribution in [1.29, 1.82) is 0 Å². The van der Waals surface area contributed by atoms with Gasteiger partial charge in [0.05, 0.1) is 22.6 Å². The van der Waals surface area contributed by atoms with Crippen LogP contribution in [0.1, 0.15) is 79.7 Å². The second-order valence-corrected chi connectivity index (χ2v) is 9.46. The molecule has 1 amide bonds. The molecule has 2 aromatic rings. The predicted molar refractivity (Wildman–Crippen MR) is 113 cm³/mol. The fourth-order valence-electron chi connectivity index (χ4n) is 4.88. The third kappa shape index (κ3) is 3.89. The first-order valence-electron chi connectivity index (χ1n) is 10.7. The van der Waals surface area contributed by atoms with Gasteiger partial charge in [0.15, 0.2) is 0 Å². The predicted octanol–water partition coefficient (Wildman–Crippen LogP) is 4.68. The average Bonchev–Trinajstić information content (AvgIpc) is 2.96. The average molecular weight is 399 g/mol. The van der Waals surface area contributed by atoms with E-state index in [1.165, 1.54) is 18.1 Å². The molecular weight excluding hydrogens is 367 g/mol. The van der Waals surface area contributed by atoms with Crippen LogP contribution in [0.5, 0.6) is 0 Å². The van der Waals surface area contributed by atoms with Gasteiger partial charge in [-0.15, -0.1) is 0 Å². The highest BCUT2D eigenvalue weighted by atomic mass is 19.1. The first kappa shape index (κ1) is 19.9. The van der Waals surface area contributed by atoms with Crippen molar-refractivity contribution in [3.8, 4) is 5.69 Å². The van der Waals surface area contributed by atoms with E-state index in [0.717, 1.165) is 56.3 Å². The van der Waals surface area contributed by atoms with Crippen LogP contribution in [-0.2, 0) is 12.8 Å². The van der Waals surface area contributed by atoms with Gasteiger partial charge in [-0.2, -0.15) is 5.10 Å². The molecule has 1 heterocycles. The molecule has 0 spiro atoms. The molecule has 1 fully saturated rings. The maximum Gasteiger partial charge on any atom is 0.253 e. The van der Waals surface area contributed by atoms with E-state index < -0.39 is 11.7 Å². The number of carbonyl (C=O) groups excluding carboxylic acids is 1. The molecule has 4 rings (SSSR count). The lowest BCUT2D eigenvalue weighted by Crippen LogP contribution is -2.26. The molecule has 156 valence electrons. The van der Waals surface area contributed by atoms with Gasteiger partial charge in [-0.1, -0.05) is 33.1 Å². The SMILES string of the molecule is Cc1nn(-c2cc(F)c(C(N)=O)c(NC3CCCCC3)c2)c2c1CCC(C)(C)C2. The topological polar surface area (TPSA) is 72.9 Å². The van der Waals surface area contributed by atoms with E-state index in [9.17, 15) is 4.79 Å². The summed E-state index contributed by atoms with van der Waals surface area (Å²) in [5.74, 6) is -1.34. The summed E-state index contributed by atoms with van der Waals surface area (Å²) >= 11 is 0. The zero-order valence-corrected chi connectivity index (χ0v) is 17.6. The highest BCUT2D eigenvalue weighted by Crippen LogP contribution is 2.37. The van der Waals surface area contributed by atoms with E-state index in [0.29, 0.717) is 11.4 Å². The highest BCUT2D eigenvalue weighted by Gasteiger charge is 2.31. The minimum atomic E-state index is -0.743. The van der Waals surface area contributed by atoms with Crippen molar-refractivity contribution in [2.45, 2.75) is 78.2 Å². The summed E-state index contributed by atoms with van der Waals surface area (Å²) in [6.45, 7) is 6.54. The molecule has 0 radical (unpaired) electrons. The fraction of sp³-hybridized carbons (Fsp3) is 0.565. The van der Waals surface area contributed by atoms with Crippen molar-refractivity contribution in [1.82, 2.24) is 9.78 Å². The molecule has 0 atom stereocenters. The summed E-state index contributed by atoms with van der Waals surface area (Å²) < 4.78 is 16.9. The molecule has 2 aliphatic carbocycles. The van der Waals surface area contributed by atoms with Gasteiger partial charge in [-0.05, 0) is 56.1 Å². The smallest absolute Gasteiger partial charge is 0.253 e. The zero-order valence-electron chi connectivity index (χ0n) is 17.6. The van der Waals surface area contributed by atoms with Crippen LogP contribution in [0.3, 0.4) is 0 Å². The number of hydrogen-bond donors (Lipinski definition) is 2. The van der Waals surface area contributed by atoms with E-state index >= 15 is 4.39 Å². The van der Waals surface area contributed by atoms with Crippen molar-refractivity contribution in [3.63, 3.8) is 0 Å². The number of rotatable bonds is 4. The number of benzene rings is 1. The van der Waals surface area contributed by atoms with Crippen LogP contribution in [-0.4, -0.2) is 21.7 Å². The number of aryl methyl sites for hydroxylation is 1. The normalized spacial score (nSPS) is 19.0. The number of anilines is 1. The molecule has 0 unspecified atom stereocenters. The molecule has 1 aromatic heterocycles. The number of halogens is 1. The van der Waals surface area contributed by atoms with Gasteiger partial charge in [0.1, 0.15) is 5.82 Å². The monoisotopic (exact) mass is 398 g/mol. The van der Waals surface area contributed by atoms with Crippen molar-refractivity contribution in [2.24, 2.45) is 11.1 Å². The second-order valence-electron chi connectivity index (χ2n) is 9.46. The van der Waals surface area contributed by atoms with Gasteiger partial charge in [-0.25, -0.2) is 9.07 Å². The number of hydrogen-bond acceptors (Lipinski definition) is 3. The minimum absolute atomic E-state index is 0.0580. The Morgan fingerprint density at radius 2 is 2.00 bits per heavy atom. The van der Waals surface area contributed by atoms with Crippen LogP contribution < -0.4 is 11.1 Å². The van der Waals surface area contributed by atoms with Gasteiger partial charge in [0, 0.05) is 17.8 Å². The van der Waals surface area contributed by atoms with Crippen LogP contribution in [0.4, 0.5) is 10.1 Å². The third-order valence-electron chi connectivity index (χ3n) is 6.52. The van der Waals surface area contributed by atoms with Crippen molar-refractivity contribution >= 4 is 11.6 Å². The van der Waals surface area contributed by atoms with Crippen LogP contribution >= 0.6 is 0 Å². The number of fused-ring (bicyclic) bond motifs is 1. The fourth-order valence-corrected chi connectivity index (χ4v) is 4.88. The Hall–Kier alpha value is -2.37. The van der Waals surface area contributed by atoms with Gasteiger partial charge >= 0.3 is 0 Å². The van der Waals surface area contributed by atoms with Crippen molar-refractivity contribution < 1.29 is 9.18 Å². The second kappa shape index (κ2) is 7.47. The maximum atomic E-state index is 15.0. The molecule has 1 aromatic carbocycles. The van der Waals surface area contributed by atoms with Crippen molar-refractivity contribution in [2.75, 3.05) is 5.32 Å². The van der Waals surface area contributed by atoms with Crippen molar-refractivity contribution in [3.05, 3.63) is 40.5 Å². The maximum absolute atomic E-state index is 15.0. The molecule has 0 aliphatic heterocycles. The molecule has 2 aliphatic rings. The van der Waals surface area contributed by atoms with E-state index in [1.807, 2.05) is 17.7 Å². The van der Waals surface area contributed by atoms with E-state index in [1.54, 1.807) is 0 Å². The van der Waals surface area contributed by atoms with Crippen LogP contribution in [0.25, 0.3) is 5.69 Å². The number of nitrogens with one attached hydrogen (secondary N) is 1. The van der Waals surface area contributed by atoms with Crippen LogP contribution in [0.15, 0.2) is 12.1 Å². The van der Waals surface area contributed by atoms with E-state index in [4.69, 9.17) is 10.8 Å². The molecule has 5 nitrogen and oxygen atoms in total. The number of primary amides is 1. The van der Waals surface area contributed by atoms with Gasteiger partial charge in [0.2, 0.25) is 0 Å². The first-order valence-corrected chi connectivity index (χ1v) is 10.7. The Balaban J connectivity index is 1.78. The zero-order chi connectivity index (χ0) is 20.8. The Morgan fingerprint density at radius 3 is 2.69 bits per heavy atom. The number of amides is 1. The molecule has 3 N–H and O–H groups in total. The molecule has 1 saturated carbocycles. The van der Waals surface area contributed by atoms with E-state index in [-0.39, 0.29) is 17.0 Å². The van der Waals surface area contributed by atoms with E-state index in [2.05, 4.69) is 19.2 Å². The summed E-state index contributed by atoms with van der Waals surface area (Å²) in [6.07, 6.45) is 8.57. The lowest BCUT2D eigenvalue weighted by molar-refractivity contribution is 0.0997. The summed E-state index contributed by atoms with van der Waals surface area (Å²) in [6, 6.07) is 3.47. The highest BCUT2D eigenvalue weighted by molar-refractivity contribution is 5.99. The number of nitrogens with zero attached hydrogens (tertiary/aromatic N) is 2. The Bertz CT molecular complexity index is 941.